The highest BCUT2D eigenvalue weighted by Gasteiger charge is 2.17. The first-order chi connectivity index (χ1) is 11.3. The van der Waals surface area contributed by atoms with Crippen LogP contribution in [0.2, 0.25) is 0 Å². The predicted octanol–water partition coefficient (Wildman–Crippen LogP) is 3.52. The molecule has 0 fully saturated rings. The molecule has 0 amide bonds. The van der Waals surface area contributed by atoms with Gasteiger partial charge in [0.15, 0.2) is 0 Å². The minimum atomic E-state index is -1.69. The van der Waals surface area contributed by atoms with Gasteiger partial charge in [0.05, 0.1) is 6.26 Å². The molecule has 0 aliphatic carbocycles. The number of benzene rings is 3. The van der Waals surface area contributed by atoms with E-state index in [4.69, 9.17) is 4.43 Å². The van der Waals surface area contributed by atoms with E-state index in [9.17, 15) is 0 Å². The minimum absolute atomic E-state index is 1.20. The lowest BCUT2D eigenvalue weighted by molar-refractivity contribution is 0.516. The van der Waals surface area contributed by atoms with Gasteiger partial charge in [0, 0.05) is 0 Å². The third-order valence-electron chi connectivity index (χ3n) is 3.86. The van der Waals surface area contributed by atoms with Crippen molar-refractivity contribution in [3.63, 3.8) is 0 Å². The SMILES string of the molecule is Cc1ccccc1C=CO[SiH](c1ccccc1)c1ccccc1. The lowest BCUT2D eigenvalue weighted by atomic mass is 10.1. The Hall–Kier alpha value is -2.58. The summed E-state index contributed by atoms with van der Waals surface area (Å²) < 4.78 is 6.23. The molecule has 0 saturated heterocycles. The molecule has 3 aromatic carbocycles. The van der Waals surface area contributed by atoms with Crippen LogP contribution in [0.15, 0.2) is 91.2 Å². The molecule has 0 heterocycles. The summed E-state index contributed by atoms with van der Waals surface area (Å²) in [5.41, 5.74) is 2.45. The molecule has 1 nitrogen and oxygen atoms in total. The van der Waals surface area contributed by atoms with Gasteiger partial charge in [-0.2, -0.15) is 0 Å². The zero-order valence-electron chi connectivity index (χ0n) is 13.2. The lowest BCUT2D eigenvalue weighted by Crippen LogP contribution is -2.43. The number of hydrogen-bond donors (Lipinski definition) is 0. The zero-order chi connectivity index (χ0) is 15.9. The largest absolute Gasteiger partial charge is 0.543 e. The van der Waals surface area contributed by atoms with Crippen LogP contribution in [-0.4, -0.2) is 9.04 Å². The summed E-state index contributed by atoms with van der Waals surface area (Å²) in [6, 6.07) is 29.4. The van der Waals surface area contributed by atoms with Crippen molar-refractivity contribution in [2.24, 2.45) is 0 Å². The number of rotatable bonds is 5. The maximum Gasteiger partial charge on any atom is 0.298 e. The lowest BCUT2D eigenvalue weighted by Gasteiger charge is -2.15. The fraction of sp³-hybridized carbons (Fsp3) is 0.0476. The molecule has 114 valence electrons. The first-order valence-corrected chi connectivity index (χ1v) is 9.45. The summed E-state index contributed by atoms with van der Waals surface area (Å²) in [5, 5.41) is 2.57. The second-order valence-electron chi connectivity index (χ2n) is 5.50. The van der Waals surface area contributed by atoms with Crippen LogP contribution in [-0.2, 0) is 4.43 Å². The van der Waals surface area contributed by atoms with E-state index in [-0.39, 0.29) is 0 Å². The van der Waals surface area contributed by atoms with E-state index in [0.29, 0.717) is 0 Å². The van der Waals surface area contributed by atoms with Gasteiger partial charge < -0.3 is 4.43 Å². The average Bonchev–Trinajstić information content (AvgIpc) is 2.62. The quantitative estimate of drug-likeness (QED) is 0.517. The van der Waals surface area contributed by atoms with Gasteiger partial charge >= 0.3 is 0 Å². The average molecular weight is 316 g/mol. The summed E-state index contributed by atoms with van der Waals surface area (Å²) in [6.45, 7) is 2.11. The Morgan fingerprint density at radius 1 is 0.696 bits per heavy atom. The van der Waals surface area contributed by atoms with E-state index in [1.807, 2.05) is 18.4 Å². The molecule has 0 aliphatic heterocycles. The Bertz CT molecular complexity index is 727. The highest BCUT2D eigenvalue weighted by Crippen LogP contribution is 2.09. The number of aryl methyl sites for hydroxylation is 1. The van der Waals surface area contributed by atoms with Crippen LogP contribution >= 0.6 is 0 Å². The topological polar surface area (TPSA) is 9.23 Å². The van der Waals surface area contributed by atoms with E-state index in [2.05, 4.69) is 85.8 Å². The third-order valence-corrected chi connectivity index (χ3v) is 6.27. The van der Waals surface area contributed by atoms with Crippen LogP contribution in [0.25, 0.3) is 6.08 Å². The molecule has 23 heavy (non-hydrogen) atoms. The normalized spacial score (nSPS) is 11.0. The van der Waals surface area contributed by atoms with Crippen LogP contribution in [0.3, 0.4) is 0 Å². The fourth-order valence-electron chi connectivity index (χ4n) is 2.57. The van der Waals surface area contributed by atoms with Crippen molar-refractivity contribution < 1.29 is 4.43 Å². The molecule has 0 N–H and O–H groups in total. The van der Waals surface area contributed by atoms with Crippen LogP contribution < -0.4 is 10.4 Å². The van der Waals surface area contributed by atoms with Crippen LogP contribution in [0.5, 0.6) is 0 Å². The van der Waals surface area contributed by atoms with E-state index in [1.54, 1.807) is 0 Å². The van der Waals surface area contributed by atoms with E-state index in [1.165, 1.54) is 21.5 Å². The molecule has 0 saturated carbocycles. The molecule has 3 aromatic rings. The minimum Gasteiger partial charge on any atom is -0.543 e. The Balaban J connectivity index is 1.84. The molecular formula is C21H20OSi. The summed E-state index contributed by atoms with van der Waals surface area (Å²) in [4.78, 5) is 0. The third kappa shape index (κ3) is 3.99. The summed E-state index contributed by atoms with van der Waals surface area (Å²) >= 11 is 0. The van der Waals surface area contributed by atoms with Gasteiger partial charge in [0.2, 0.25) is 0 Å². The van der Waals surface area contributed by atoms with Gasteiger partial charge in [-0.1, -0.05) is 84.9 Å². The molecule has 0 bridgehead atoms. The van der Waals surface area contributed by atoms with Crippen molar-refractivity contribution >= 4 is 25.5 Å². The van der Waals surface area contributed by atoms with Gasteiger partial charge in [0.1, 0.15) is 0 Å². The first kappa shape index (κ1) is 15.3. The maximum atomic E-state index is 6.23. The van der Waals surface area contributed by atoms with E-state index in [0.717, 1.165) is 0 Å². The maximum absolute atomic E-state index is 6.23. The van der Waals surface area contributed by atoms with E-state index >= 15 is 0 Å². The van der Waals surface area contributed by atoms with Crippen molar-refractivity contribution in [1.29, 1.82) is 0 Å². The summed E-state index contributed by atoms with van der Waals surface area (Å²) in [5.74, 6) is 0. The highest BCUT2D eigenvalue weighted by atomic mass is 28.3. The summed E-state index contributed by atoms with van der Waals surface area (Å²) in [6.07, 6.45) is 3.92. The Morgan fingerprint density at radius 2 is 1.22 bits per heavy atom. The molecule has 0 unspecified atom stereocenters. The van der Waals surface area contributed by atoms with Gasteiger partial charge in [-0.25, -0.2) is 0 Å². The van der Waals surface area contributed by atoms with Gasteiger partial charge in [-0.15, -0.1) is 0 Å². The molecule has 0 spiro atoms. The molecular weight excluding hydrogens is 296 g/mol. The molecule has 0 radical (unpaired) electrons. The smallest absolute Gasteiger partial charge is 0.298 e. The number of hydrogen-bond acceptors (Lipinski definition) is 1. The van der Waals surface area contributed by atoms with Crippen molar-refractivity contribution in [3.8, 4) is 0 Å². The Kier molecular flexibility index (Phi) is 5.07. The van der Waals surface area contributed by atoms with Gasteiger partial charge in [0.25, 0.3) is 9.04 Å². The Labute approximate surface area is 139 Å². The van der Waals surface area contributed by atoms with Crippen molar-refractivity contribution in [2.45, 2.75) is 6.92 Å². The highest BCUT2D eigenvalue weighted by molar-refractivity contribution is 6.80. The molecule has 0 aromatic heterocycles. The van der Waals surface area contributed by atoms with Gasteiger partial charge in [-0.05, 0) is 34.5 Å². The van der Waals surface area contributed by atoms with Crippen molar-refractivity contribution in [2.75, 3.05) is 0 Å². The van der Waals surface area contributed by atoms with Crippen LogP contribution in [0.1, 0.15) is 11.1 Å². The second-order valence-corrected chi connectivity index (χ2v) is 7.86. The Morgan fingerprint density at radius 3 is 1.78 bits per heavy atom. The first-order valence-electron chi connectivity index (χ1n) is 7.82. The van der Waals surface area contributed by atoms with Crippen molar-refractivity contribution in [1.82, 2.24) is 0 Å². The molecule has 2 heteroatoms. The zero-order valence-corrected chi connectivity index (χ0v) is 14.4. The second kappa shape index (κ2) is 7.61. The standard InChI is InChI=1S/C21H20OSi/c1-18-10-8-9-11-19(18)16-17-22-23(20-12-4-2-5-13-20)21-14-6-3-7-15-21/h2-17,23H,1H3. The molecule has 3 rings (SSSR count). The van der Waals surface area contributed by atoms with Crippen LogP contribution in [0.4, 0.5) is 0 Å². The fourth-order valence-corrected chi connectivity index (χ4v) is 4.65. The van der Waals surface area contributed by atoms with Crippen molar-refractivity contribution in [3.05, 3.63) is 102 Å². The van der Waals surface area contributed by atoms with Crippen LogP contribution in [0, 0.1) is 6.92 Å². The molecule has 0 aliphatic rings. The predicted molar refractivity (Wildman–Crippen MR) is 101 cm³/mol. The van der Waals surface area contributed by atoms with Gasteiger partial charge in [-0.3, -0.25) is 0 Å². The monoisotopic (exact) mass is 316 g/mol. The summed E-state index contributed by atoms with van der Waals surface area (Å²) in [7, 11) is -1.69. The van der Waals surface area contributed by atoms with E-state index < -0.39 is 9.04 Å². The molecule has 0 atom stereocenters.